The van der Waals surface area contributed by atoms with Gasteiger partial charge in [0.1, 0.15) is 0 Å². The molecular weight excluding hydrogens is 164 g/mol. The van der Waals surface area contributed by atoms with E-state index in [1.165, 1.54) is 6.20 Å². The second-order valence-electron chi connectivity index (χ2n) is 2.36. The third kappa shape index (κ3) is 1.88. The molecule has 1 N–H and O–H groups in total. The largest absolute Gasteiger partial charge is 0.389 e. The number of aliphatic hydroxyl groups is 1. The van der Waals surface area contributed by atoms with Gasteiger partial charge in [-0.1, -0.05) is 0 Å². The van der Waals surface area contributed by atoms with Gasteiger partial charge in [0.25, 0.3) is 0 Å². The maximum absolute atomic E-state index is 9.17. The summed E-state index contributed by atoms with van der Waals surface area (Å²) in [6.07, 6.45) is 1.00. The number of aliphatic hydroxyl groups excluding tert-OH is 1. The SMILES string of the molecule is Cc1nc(Cl)ncc1C(C)O. The minimum absolute atomic E-state index is 0.215. The van der Waals surface area contributed by atoms with Crippen LogP contribution in [0.4, 0.5) is 0 Å². The highest BCUT2D eigenvalue weighted by molar-refractivity contribution is 6.28. The Morgan fingerprint density at radius 1 is 1.64 bits per heavy atom. The third-order valence-corrected chi connectivity index (χ3v) is 1.62. The number of aryl methyl sites for hydroxylation is 1. The van der Waals surface area contributed by atoms with E-state index in [4.69, 9.17) is 11.6 Å². The minimum atomic E-state index is -0.535. The van der Waals surface area contributed by atoms with Gasteiger partial charge in [-0.25, -0.2) is 9.97 Å². The van der Waals surface area contributed by atoms with Crippen LogP contribution in [-0.2, 0) is 0 Å². The molecule has 60 valence electrons. The van der Waals surface area contributed by atoms with Gasteiger partial charge >= 0.3 is 0 Å². The zero-order valence-electron chi connectivity index (χ0n) is 6.37. The van der Waals surface area contributed by atoms with E-state index in [0.717, 1.165) is 11.3 Å². The molecule has 0 amide bonds. The van der Waals surface area contributed by atoms with Crippen molar-refractivity contribution in [1.29, 1.82) is 0 Å². The molecule has 1 heterocycles. The standard InChI is InChI=1S/C7H9ClN2O/c1-4-6(5(2)11)3-9-7(8)10-4/h3,5,11H,1-2H3. The summed E-state index contributed by atoms with van der Waals surface area (Å²) in [5.74, 6) is 0. The van der Waals surface area contributed by atoms with Crippen molar-refractivity contribution >= 4 is 11.6 Å². The molecule has 1 aromatic heterocycles. The molecule has 3 nitrogen and oxygen atoms in total. The molecular formula is C7H9ClN2O. The summed E-state index contributed by atoms with van der Waals surface area (Å²) in [4.78, 5) is 7.64. The molecule has 0 radical (unpaired) electrons. The lowest BCUT2D eigenvalue weighted by atomic mass is 10.1. The molecule has 1 atom stereocenters. The smallest absolute Gasteiger partial charge is 0.222 e. The molecule has 1 rings (SSSR count). The predicted octanol–water partition coefficient (Wildman–Crippen LogP) is 1.49. The van der Waals surface area contributed by atoms with Gasteiger partial charge in [0.15, 0.2) is 0 Å². The summed E-state index contributed by atoms with van der Waals surface area (Å²) in [6.45, 7) is 3.45. The molecule has 0 saturated heterocycles. The van der Waals surface area contributed by atoms with Gasteiger partial charge in [0, 0.05) is 17.5 Å². The zero-order valence-corrected chi connectivity index (χ0v) is 7.13. The maximum Gasteiger partial charge on any atom is 0.222 e. The number of halogens is 1. The van der Waals surface area contributed by atoms with Crippen molar-refractivity contribution in [3.8, 4) is 0 Å². The normalized spacial score (nSPS) is 13.1. The number of aromatic nitrogens is 2. The molecule has 0 aliphatic rings. The molecule has 0 saturated carbocycles. The monoisotopic (exact) mass is 172 g/mol. The topological polar surface area (TPSA) is 46.0 Å². The van der Waals surface area contributed by atoms with Crippen molar-refractivity contribution in [1.82, 2.24) is 9.97 Å². The number of hydrogen-bond donors (Lipinski definition) is 1. The summed E-state index contributed by atoms with van der Waals surface area (Å²) in [5, 5.41) is 9.39. The van der Waals surface area contributed by atoms with Crippen molar-refractivity contribution in [2.75, 3.05) is 0 Å². The van der Waals surface area contributed by atoms with Crippen LogP contribution in [0.25, 0.3) is 0 Å². The van der Waals surface area contributed by atoms with Crippen LogP contribution in [0, 0.1) is 6.92 Å². The van der Waals surface area contributed by atoms with Crippen LogP contribution >= 0.6 is 11.6 Å². The van der Waals surface area contributed by atoms with E-state index in [9.17, 15) is 5.11 Å². The molecule has 0 aromatic carbocycles. The van der Waals surface area contributed by atoms with Gasteiger partial charge in [-0.15, -0.1) is 0 Å². The number of hydrogen-bond acceptors (Lipinski definition) is 3. The fourth-order valence-corrected chi connectivity index (χ4v) is 1.03. The Labute approximate surface area is 70.1 Å². The Morgan fingerprint density at radius 2 is 2.27 bits per heavy atom. The first-order valence-electron chi connectivity index (χ1n) is 3.28. The van der Waals surface area contributed by atoms with Crippen molar-refractivity contribution < 1.29 is 5.11 Å². The van der Waals surface area contributed by atoms with Crippen LogP contribution in [-0.4, -0.2) is 15.1 Å². The summed E-state index contributed by atoms with van der Waals surface area (Å²) in [6, 6.07) is 0. The minimum Gasteiger partial charge on any atom is -0.389 e. The Hall–Kier alpha value is -0.670. The van der Waals surface area contributed by atoms with E-state index in [-0.39, 0.29) is 5.28 Å². The average Bonchev–Trinajstić information content (AvgIpc) is 1.85. The first kappa shape index (κ1) is 8.43. The van der Waals surface area contributed by atoms with Crippen LogP contribution in [0.5, 0.6) is 0 Å². The van der Waals surface area contributed by atoms with E-state index in [1.807, 2.05) is 0 Å². The molecule has 0 bridgehead atoms. The van der Waals surface area contributed by atoms with Gasteiger partial charge in [-0.05, 0) is 25.4 Å². The van der Waals surface area contributed by atoms with E-state index in [0.29, 0.717) is 0 Å². The third-order valence-electron chi connectivity index (χ3n) is 1.44. The highest BCUT2D eigenvalue weighted by Gasteiger charge is 2.06. The number of nitrogens with zero attached hydrogens (tertiary/aromatic N) is 2. The fourth-order valence-electron chi connectivity index (χ4n) is 0.858. The quantitative estimate of drug-likeness (QED) is 0.653. The summed E-state index contributed by atoms with van der Waals surface area (Å²) >= 11 is 5.52. The van der Waals surface area contributed by atoms with Crippen LogP contribution in [0.3, 0.4) is 0 Å². The van der Waals surface area contributed by atoms with E-state index in [2.05, 4.69) is 9.97 Å². The van der Waals surface area contributed by atoms with Crippen LogP contribution < -0.4 is 0 Å². The molecule has 4 heteroatoms. The van der Waals surface area contributed by atoms with Crippen molar-refractivity contribution in [3.63, 3.8) is 0 Å². The number of rotatable bonds is 1. The average molecular weight is 173 g/mol. The Balaban J connectivity index is 3.09. The van der Waals surface area contributed by atoms with Crippen LogP contribution in [0.15, 0.2) is 6.20 Å². The Bertz CT molecular complexity index is 263. The molecule has 0 spiro atoms. The second kappa shape index (κ2) is 3.15. The molecule has 0 aliphatic carbocycles. The first-order valence-corrected chi connectivity index (χ1v) is 3.66. The predicted molar refractivity (Wildman–Crippen MR) is 42.4 cm³/mol. The van der Waals surface area contributed by atoms with Gasteiger partial charge < -0.3 is 5.11 Å². The second-order valence-corrected chi connectivity index (χ2v) is 2.69. The summed E-state index contributed by atoms with van der Waals surface area (Å²) in [5.41, 5.74) is 1.44. The fraction of sp³-hybridized carbons (Fsp3) is 0.429. The molecule has 0 fully saturated rings. The van der Waals surface area contributed by atoms with E-state index < -0.39 is 6.10 Å². The van der Waals surface area contributed by atoms with E-state index in [1.54, 1.807) is 13.8 Å². The van der Waals surface area contributed by atoms with Crippen molar-refractivity contribution in [2.45, 2.75) is 20.0 Å². The summed E-state index contributed by atoms with van der Waals surface area (Å²) in [7, 11) is 0. The van der Waals surface area contributed by atoms with Crippen LogP contribution in [0.2, 0.25) is 5.28 Å². The highest BCUT2D eigenvalue weighted by atomic mass is 35.5. The lowest BCUT2D eigenvalue weighted by molar-refractivity contribution is 0.197. The first-order chi connectivity index (χ1) is 5.11. The Morgan fingerprint density at radius 3 is 2.73 bits per heavy atom. The molecule has 0 aliphatic heterocycles. The molecule has 1 unspecified atom stereocenters. The molecule has 1 aromatic rings. The Kier molecular flexibility index (Phi) is 2.42. The van der Waals surface area contributed by atoms with Gasteiger partial charge in [-0.2, -0.15) is 0 Å². The van der Waals surface area contributed by atoms with Crippen molar-refractivity contribution in [2.24, 2.45) is 0 Å². The lowest BCUT2D eigenvalue weighted by Gasteiger charge is -2.05. The highest BCUT2D eigenvalue weighted by Crippen LogP contribution is 2.14. The maximum atomic E-state index is 9.17. The lowest BCUT2D eigenvalue weighted by Crippen LogP contribution is -1.98. The van der Waals surface area contributed by atoms with Gasteiger partial charge in [0.2, 0.25) is 5.28 Å². The zero-order chi connectivity index (χ0) is 8.43. The van der Waals surface area contributed by atoms with E-state index >= 15 is 0 Å². The van der Waals surface area contributed by atoms with Crippen molar-refractivity contribution in [3.05, 3.63) is 22.7 Å². The molecule has 11 heavy (non-hydrogen) atoms. The van der Waals surface area contributed by atoms with Gasteiger partial charge in [-0.3, -0.25) is 0 Å². The van der Waals surface area contributed by atoms with Gasteiger partial charge in [0.05, 0.1) is 6.10 Å². The van der Waals surface area contributed by atoms with Crippen LogP contribution in [0.1, 0.15) is 24.3 Å². The summed E-state index contributed by atoms with van der Waals surface area (Å²) < 4.78 is 0.